The Kier molecular flexibility index (Phi) is 5.35. The molecule has 1 aromatic heterocycles. The number of sulfonamides is 1. The van der Waals surface area contributed by atoms with Crippen LogP contribution in [0.5, 0.6) is 5.75 Å². The Morgan fingerprint density at radius 2 is 2.10 bits per heavy atom. The summed E-state index contributed by atoms with van der Waals surface area (Å²) in [6.45, 7) is 0.396. The number of aromatic amines is 1. The maximum Gasteiger partial charge on any atom is 0.417 e. The van der Waals surface area contributed by atoms with E-state index in [-0.39, 0.29) is 22.9 Å². The van der Waals surface area contributed by atoms with Crippen molar-refractivity contribution >= 4 is 32.7 Å². The van der Waals surface area contributed by atoms with Crippen LogP contribution in [0.2, 0.25) is 0 Å². The van der Waals surface area contributed by atoms with Crippen molar-refractivity contribution in [3.05, 3.63) is 53.0 Å². The quantitative estimate of drug-likeness (QED) is 0.639. The number of ether oxygens (including phenoxy) is 1. The number of fused-ring (bicyclic) bond motifs is 1. The van der Waals surface area contributed by atoms with Crippen LogP contribution < -0.4 is 15.8 Å². The van der Waals surface area contributed by atoms with Gasteiger partial charge in [-0.2, -0.15) is 4.31 Å². The normalized spacial score (nSPS) is 17.7. The van der Waals surface area contributed by atoms with E-state index in [1.165, 1.54) is 22.5 Å². The van der Waals surface area contributed by atoms with Crippen LogP contribution in [0.1, 0.15) is 12.8 Å². The highest BCUT2D eigenvalue weighted by Crippen LogP contribution is 2.27. The summed E-state index contributed by atoms with van der Waals surface area (Å²) in [5.74, 6) is -0.747. The van der Waals surface area contributed by atoms with Crippen molar-refractivity contribution in [2.75, 3.05) is 25.5 Å². The van der Waals surface area contributed by atoms with E-state index in [4.69, 9.17) is 9.15 Å². The Hall–Kier alpha value is -3.11. The lowest BCUT2D eigenvalue weighted by atomic mass is 9.98. The molecule has 0 aliphatic carbocycles. The van der Waals surface area contributed by atoms with E-state index in [2.05, 4.69) is 10.3 Å². The third-order valence-corrected chi connectivity index (χ3v) is 6.98. The molecule has 10 heteroatoms. The number of anilines is 1. The number of benzene rings is 2. The van der Waals surface area contributed by atoms with Gasteiger partial charge in [0.25, 0.3) is 0 Å². The van der Waals surface area contributed by atoms with Gasteiger partial charge in [0.2, 0.25) is 15.9 Å². The minimum absolute atomic E-state index is 0.0200. The van der Waals surface area contributed by atoms with Crippen molar-refractivity contribution in [2.24, 2.45) is 5.92 Å². The van der Waals surface area contributed by atoms with Crippen molar-refractivity contribution in [2.45, 2.75) is 17.7 Å². The summed E-state index contributed by atoms with van der Waals surface area (Å²) in [5, 5.41) is 2.83. The second-order valence-electron chi connectivity index (χ2n) is 7.10. The van der Waals surface area contributed by atoms with Gasteiger partial charge in [-0.15, -0.1) is 0 Å². The molecule has 1 aliphatic rings. The van der Waals surface area contributed by atoms with Gasteiger partial charge in [0.1, 0.15) is 5.75 Å². The van der Waals surface area contributed by atoms with Gasteiger partial charge in [-0.25, -0.2) is 13.2 Å². The van der Waals surface area contributed by atoms with Gasteiger partial charge >= 0.3 is 5.76 Å². The van der Waals surface area contributed by atoms with Crippen LogP contribution in [0.4, 0.5) is 5.69 Å². The Balaban J connectivity index is 1.51. The lowest BCUT2D eigenvalue weighted by molar-refractivity contribution is -0.120. The average molecular weight is 431 g/mol. The van der Waals surface area contributed by atoms with Crippen LogP contribution in [-0.4, -0.2) is 43.8 Å². The monoisotopic (exact) mass is 431 g/mol. The Bertz CT molecular complexity index is 1250. The van der Waals surface area contributed by atoms with E-state index in [1.807, 2.05) is 0 Å². The number of carbonyl (C=O) groups is 1. The van der Waals surface area contributed by atoms with Crippen molar-refractivity contribution < 1.29 is 22.4 Å². The van der Waals surface area contributed by atoms with E-state index in [9.17, 15) is 18.0 Å². The summed E-state index contributed by atoms with van der Waals surface area (Å²) in [6.07, 6.45) is 1.16. The third-order valence-electron chi connectivity index (χ3n) is 5.12. The molecule has 0 saturated carbocycles. The van der Waals surface area contributed by atoms with Crippen molar-refractivity contribution in [1.82, 2.24) is 9.29 Å². The molecule has 1 fully saturated rings. The highest BCUT2D eigenvalue weighted by Gasteiger charge is 2.33. The highest BCUT2D eigenvalue weighted by atomic mass is 32.2. The SMILES string of the molecule is COc1cccc(NC(=O)[C@H]2CCCN(S(=O)(=O)c3ccc4[nH]c(=O)oc4c3)C2)c1. The van der Waals surface area contributed by atoms with E-state index >= 15 is 0 Å². The predicted molar refractivity (Wildman–Crippen MR) is 110 cm³/mol. The topological polar surface area (TPSA) is 122 Å². The number of nitrogens with zero attached hydrogens (tertiary/aromatic N) is 1. The summed E-state index contributed by atoms with van der Waals surface area (Å²) in [5.41, 5.74) is 1.19. The molecule has 3 aromatic rings. The number of methoxy groups -OCH3 is 1. The molecule has 1 amide bonds. The number of piperidine rings is 1. The van der Waals surface area contributed by atoms with Crippen LogP contribution in [0, 0.1) is 5.92 Å². The number of rotatable bonds is 5. The third kappa shape index (κ3) is 3.96. The molecular weight excluding hydrogens is 410 g/mol. The zero-order valence-electron chi connectivity index (χ0n) is 16.3. The zero-order valence-corrected chi connectivity index (χ0v) is 17.1. The Morgan fingerprint density at radius 3 is 2.90 bits per heavy atom. The van der Waals surface area contributed by atoms with Gasteiger partial charge in [0.15, 0.2) is 5.58 Å². The molecule has 158 valence electrons. The molecule has 2 N–H and O–H groups in total. The number of oxazole rings is 1. The number of hydrogen-bond acceptors (Lipinski definition) is 6. The van der Waals surface area contributed by atoms with Crippen LogP contribution in [0.25, 0.3) is 11.1 Å². The highest BCUT2D eigenvalue weighted by molar-refractivity contribution is 7.89. The Labute approximate surface area is 172 Å². The smallest absolute Gasteiger partial charge is 0.417 e. The van der Waals surface area contributed by atoms with Crippen LogP contribution >= 0.6 is 0 Å². The fraction of sp³-hybridized carbons (Fsp3) is 0.300. The van der Waals surface area contributed by atoms with Gasteiger partial charge in [0, 0.05) is 30.9 Å². The number of carbonyl (C=O) groups excluding carboxylic acids is 1. The summed E-state index contributed by atoms with van der Waals surface area (Å²) in [7, 11) is -2.29. The molecule has 9 nitrogen and oxygen atoms in total. The summed E-state index contributed by atoms with van der Waals surface area (Å²) < 4.78 is 37.6. The maximum absolute atomic E-state index is 13.1. The standard InChI is InChI=1S/C20H21N3O6S/c1-28-15-6-2-5-14(10-15)21-19(24)13-4-3-9-23(12-13)30(26,27)16-7-8-17-18(11-16)29-20(25)22-17/h2,5-8,10-11,13H,3-4,9,12H2,1H3,(H,21,24)(H,22,25)/t13-/m0/s1. The summed E-state index contributed by atoms with van der Waals surface area (Å²) >= 11 is 0. The van der Waals surface area contributed by atoms with Gasteiger partial charge in [-0.3, -0.25) is 9.78 Å². The van der Waals surface area contributed by atoms with E-state index in [1.54, 1.807) is 31.4 Å². The first-order valence-electron chi connectivity index (χ1n) is 9.45. The van der Waals surface area contributed by atoms with Gasteiger partial charge in [0.05, 0.1) is 23.4 Å². The molecule has 0 unspecified atom stereocenters. The molecule has 1 saturated heterocycles. The molecule has 2 heterocycles. The molecule has 0 spiro atoms. The summed E-state index contributed by atoms with van der Waals surface area (Å²) in [6, 6.07) is 11.2. The summed E-state index contributed by atoms with van der Waals surface area (Å²) in [4.78, 5) is 26.5. The van der Waals surface area contributed by atoms with Crippen molar-refractivity contribution in [3.63, 3.8) is 0 Å². The lowest BCUT2D eigenvalue weighted by Crippen LogP contribution is -2.43. The van der Waals surface area contributed by atoms with Crippen molar-refractivity contribution in [1.29, 1.82) is 0 Å². The molecule has 30 heavy (non-hydrogen) atoms. The number of nitrogens with one attached hydrogen (secondary N) is 2. The lowest BCUT2D eigenvalue weighted by Gasteiger charge is -2.31. The largest absolute Gasteiger partial charge is 0.497 e. The molecular formula is C20H21N3O6S. The van der Waals surface area contributed by atoms with Crippen LogP contribution in [0.3, 0.4) is 0 Å². The predicted octanol–water partition coefficient (Wildman–Crippen LogP) is 2.17. The van der Waals surface area contributed by atoms with Crippen LogP contribution in [0.15, 0.2) is 56.6 Å². The number of aromatic nitrogens is 1. The number of H-pyrrole nitrogens is 1. The van der Waals surface area contributed by atoms with Crippen molar-refractivity contribution in [3.8, 4) is 5.75 Å². The van der Waals surface area contributed by atoms with Gasteiger partial charge in [-0.05, 0) is 37.1 Å². The molecule has 2 aromatic carbocycles. The molecule has 1 atom stereocenters. The second-order valence-corrected chi connectivity index (χ2v) is 9.03. The van der Waals surface area contributed by atoms with Crippen LogP contribution in [-0.2, 0) is 14.8 Å². The Morgan fingerprint density at radius 1 is 1.27 bits per heavy atom. The zero-order chi connectivity index (χ0) is 21.3. The number of hydrogen-bond donors (Lipinski definition) is 2. The fourth-order valence-electron chi connectivity index (χ4n) is 3.56. The minimum atomic E-state index is -3.84. The first-order valence-corrected chi connectivity index (χ1v) is 10.9. The molecule has 0 radical (unpaired) electrons. The number of amides is 1. The fourth-order valence-corrected chi connectivity index (χ4v) is 5.09. The minimum Gasteiger partial charge on any atom is -0.497 e. The maximum atomic E-state index is 13.1. The van der Waals surface area contributed by atoms with E-state index in [0.717, 1.165) is 0 Å². The van der Waals surface area contributed by atoms with E-state index < -0.39 is 21.7 Å². The first kappa shape index (κ1) is 20.2. The second kappa shape index (κ2) is 7.96. The van der Waals surface area contributed by atoms with E-state index in [0.29, 0.717) is 36.3 Å². The molecule has 0 bridgehead atoms. The van der Waals surface area contributed by atoms with Gasteiger partial charge in [-0.1, -0.05) is 6.07 Å². The molecule has 4 rings (SSSR count). The molecule has 1 aliphatic heterocycles. The van der Waals surface area contributed by atoms with Gasteiger partial charge < -0.3 is 14.5 Å². The first-order chi connectivity index (χ1) is 14.4. The average Bonchev–Trinajstić information content (AvgIpc) is 3.13.